The Labute approximate surface area is 78.6 Å². The summed E-state index contributed by atoms with van der Waals surface area (Å²) >= 11 is 0. The molecule has 3 heteroatoms. The molecule has 0 spiro atoms. The predicted molar refractivity (Wildman–Crippen MR) is 52.6 cm³/mol. The average Bonchev–Trinajstić information content (AvgIpc) is 2.01. The Bertz CT molecular complexity index is 281. The van der Waals surface area contributed by atoms with E-state index < -0.39 is 0 Å². The third kappa shape index (κ3) is 2.17. The molecule has 1 aromatic rings. The summed E-state index contributed by atoms with van der Waals surface area (Å²) in [6, 6.07) is 1.91. The van der Waals surface area contributed by atoms with Crippen LogP contribution in [-0.4, -0.2) is 16.5 Å². The van der Waals surface area contributed by atoms with Gasteiger partial charge in [-0.2, -0.15) is 0 Å². The fourth-order valence-electron chi connectivity index (χ4n) is 1.47. The van der Waals surface area contributed by atoms with Crippen molar-refractivity contribution < 1.29 is 0 Å². The van der Waals surface area contributed by atoms with E-state index in [9.17, 15) is 0 Å². The zero-order chi connectivity index (χ0) is 9.10. The van der Waals surface area contributed by atoms with Gasteiger partial charge in [0.05, 0.1) is 0 Å². The van der Waals surface area contributed by atoms with Crippen LogP contribution in [0.3, 0.4) is 0 Å². The molecule has 0 amide bonds. The Balaban J connectivity index is 1.86. The van der Waals surface area contributed by atoms with Crippen molar-refractivity contribution in [3.63, 3.8) is 0 Å². The molecule has 2 rings (SSSR count). The lowest BCUT2D eigenvalue weighted by Crippen LogP contribution is -2.21. The van der Waals surface area contributed by atoms with Gasteiger partial charge in [0.15, 0.2) is 0 Å². The Kier molecular flexibility index (Phi) is 2.43. The molecule has 13 heavy (non-hydrogen) atoms. The average molecular weight is 177 g/mol. The van der Waals surface area contributed by atoms with Crippen molar-refractivity contribution in [3.05, 3.63) is 18.0 Å². The second-order valence-corrected chi connectivity index (χ2v) is 3.70. The Morgan fingerprint density at radius 2 is 2.38 bits per heavy atom. The SMILES string of the molecule is Cc1ccnc(NCC2CCC2)n1. The minimum absolute atomic E-state index is 0.770. The molecule has 1 aliphatic carbocycles. The molecule has 0 aromatic carbocycles. The highest BCUT2D eigenvalue weighted by molar-refractivity contribution is 5.24. The van der Waals surface area contributed by atoms with Gasteiger partial charge in [0, 0.05) is 18.4 Å². The molecule has 0 unspecified atom stereocenters. The predicted octanol–water partition coefficient (Wildman–Crippen LogP) is 2.00. The number of nitrogens with one attached hydrogen (secondary N) is 1. The third-order valence-electron chi connectivity index (χ3n) is 2.57. The van der Waals surface area contributed by atoms with E-state index in [0.29, 0.717) is 0 Å². The van der Waals surface area contributed by atoms with Crippen molar-refractivity contribution in [1.82, 2.24) is 9.97 Å². The van der Waals surface area contributed by atoms with Gasteiger partial charge in [0.25, 0.3) is 0 Å². The number of hydrogen-bond acceptors (Lipinski definition) is 3. The van der Waals surface area contributed by atoms with Gasteiger partial charge in [-0.25, -0.2) is 9.97 Å². The zero-order valence-corrected chi connectivity index (χ0v) is 7.95. The van der Waals surface area contributed by atoms with Crippen LogP contribution < -0.4 is 5.32 Å². The van der Waals surface area contributed by atoms with Crippen molar-refractivity contribution >= 4 is 5.95 Å². The van der Waals surface area contributed by atoms with Crippen molar-refractivity contribution in [2.75, 3.05) is 11.9 Å². The quantitative estimate of drug-likeness (QED) is 0.767. The number of anilines is 1. The van der Waals surface area contributed by atoms with E-state index in [1.165, 1.54) is 19.3 Å². The molecule has 0 bridgehead atoms. The minimum atomic E-state index is 0.770. The lowest BCUT2D eigenvalue weighted by atomic mass is 9.85. The first kappa shape index (κ1) is 8.48. The molecule has 1 aromatic heterocycles. The molecule has 0 saturated heterocycles. The van der Waals surface area contributed by atoms with Gasteiger partial charge in [0.1, 0.15) is 0 Å². The third-order valence-corrected chi connectivity index (χ3v) is 2.57. The van der Waals surface area contributed by atoms with Crippen molar-refractivity contribution in [2.45, 2.75) is 26.2 Å². The number of rotatable bonds is 3. The summed E-state index contributed by atoms with van der Waals surface area (Å²) in [6.07, 6.45) is 5.91. The van der Waals surface area contributed by atoms with Gasteiger partial charge in [-0.05, 0) is 31.7 Å². The summed E-state index contributed by atoms with van der Waals surface area (Å²) in [4.78, 5) is 8.43. The Morgan fingerprint density at radius 1 is 1.54 bits per heavy atom. The summed E-state index contributed by atoms with van der Waals surface area (Å²) in [5, 5.41) is 3.27. The summed E-state index contributed by atoms with van der Waals surface area (Å²) in [6.45, 7) is 3.01. The zero-order valence-electron chi connectivity index (χ0n) is 7.95. The van der Waals surface area contributed by atoms with Crippen molar-refractivity contribution in [1.29, 1.82) is 0 Å². The molecule has 1 fully saturated rings. The molecule has 0 aliphatic heterocycles. The monoisotopic (exact) mass is 177 g/mol. The second-order valence-electron chi connectivity index (χ2n) is 3.70. The van der Waals surface area contributed by atoms with Crippen LogP contribution in [0.1, 0.15) is 25.0 Å². The van der Waals surface area contributed by atoms with Gasteiger partial charge in [-0.15, -0.1) is 0 Å². The highest BCUT2D eigenvalue weighted by Gasteiger charge is 2.16. The van der Waals surface area contributed by atoms with Crippen LogP contribution in [0.15, 0.2) is 12.3 Å². The summed E-state index contributed by atoms with van der Waals surface area (Å²) in [7, 11) is 0. The van der Waals surface area contributed by atoms with Gasteiger partial charge in [0.2, 0.25) is 5.95 Å². The van der Waals surface area contributed by atoms with Crippen LogP contribution in [0.4, 0.5) is 5.95 Å². The summed E-state index contributed by atoms with van der Waals surface area (Å²) in [5.41, 5.74) is 1.02. The van der Waals surface area contributed by atoms with E-state index in [1.807, 2.05) is 13.0 Å². The normalized spacial score (nSPS) is 16.7. The molecule has 1 heterocycles. The molecule has 0 atom stereocenters. The van der Waals surface area contributed by atoms with E-state index in [-0.39, 0.29) is 0 Å². The maximum absolute atomic E-state index is 4.28. The van der Waals surface area contributed by atoms with Crippen molar-refractivity contribution in [3.8, 4) is 0 Å². The first-order chi connectivity index (χ1) is 6.34. The van der Waals surface area contributed by atoms with Crippen LogP contribution >= 0.6 is 0 Å². The van der Waals surface area contributed by atoms with E-state index in [4.69, 9.17) is 0 Å². The Hall–Kier alpha value is -1.12. The van der Waals surface area contributed by atoms with Crippen LogP contribution in [0.25, 0.3) is 0 Å². The van der Waals surface area contributed by atoms with Crippen LogP contribution in [0, 0.1) is 12.8 Å². The first-order valence-corrected chi connectivity index (χ1v) is 4.88. The van der Waals surface area contributed by atoms with E-state index in [2.05, 4.69) is 15.3 Å². The molecule has 1 aliphatic rings. The van der Waals surface area contributed by atoms with Gasteiger partial charge in [-0.1, -0.05) is 6.42 Å². The number of nitrogens with zero attached hydrogens (tertiary/aromatic N) is 2. The van der Waals surface area contributed by atoms with Gasteiger partial charge < -0.3 is 5.32 Å². The van der Waals surface area contributed by atoms with E-state index >= 15 is 0 Å². The lowest BCUT2D eigenvalue weighted by molar-refractivity contribution is 0.333. The smallest absolute Gasteiger partial charge is 0.222 e. The summed E-state index contributed by atoms with van der Waals surface area (Å²) in [5.74, 6) is 1.62. The van der Waals surface area contributed by atoms with Gasteiger partial charge >= 0.3 is 0 Å². The van der Waals surface area contributed by atoms with E-state index in [0.717, 1.165) is 24.1 Å². The highest BCUT2D eigenvalue weighted by Crippen LogP contribution is 2.25. The molecular formula is C10H15N3. The fourth-order valence-corrected chi connectivity index (χ4v) is 1.47. The van der Waals surface area contributed by atoms with E-state index in [1.54, 1.807) is 6.20 Å². The molecule has 70 valence electrons. The number of hydrogen-bond donors (Lipinski definition) is 1. The second kappa shape index (κ2) is 3.73. The van der Waals surface area contributed by atoms with Crippen LogP contribution in [0.2, 0.25) is 0 Å². The maximum Gasteiger partial charge on any atom is 0.222 e. The minimum Gasteiger partial charge on any atom is -0.354 e. The molecule has 1 N–H and O–H groups in total. The lowest BCUT2D eigenvalue weighted by Gasteiger charge is -2.25. The summed E-state index contributed by atoms with van der Waals surface area (Å²) < 4.78 is 0. The molecule has 0 radical (unpaired) electrons. The van der Waals surface area contributed by atoms with Gasteiger partial charge in [-0.3, -0.25) is 0 Å². The number of aryl methyl sites for hydroxylation is 1. The topological polar surface area (TPSA) is 37.8 Å². The van der Waals surface area contributed by atoms with Crippen molar-refractivity contribution in [2.24, 2.45) is 5.92 Å². The largest absolute Gasteiger partial charge is 0.354 e. The standard InChI is InChI=1S/C10H15N3/c1-8-5-6-11-10(13-8)12-7-9-3-2-4-9/h5-6,9H,2-4,7H2,1H3,(H,11,12,13). The molecular weight excluding hydrogens is 162 g/mol. The van der Waals surface area contributed by atoms with Crippen LogP contribution in [-0.2, 0) is 0 Å². The first-order valence-electron chi connectivity index (χ1n) is 4.88. The maximum atomic E-state index is 4.28. The fraction of sp³-hybridized carbons (Fsp3) is 0.600. The Morgan fingerprint density at radius 3 is 3.00 bits per heavy atom. The molecule has 3 nitrogen and oxygen atoms in total. The molecule has 1 saturated carbocycles. The van der Waals surface area contributed by atoms with Crippen LogP contribution in [0.5, 0.6) is 0 Å². The number of aromatic nitrogens is 2. The highest BCUT2D eigenvalue weighted by atomic mass is 15.1.